The summed E-state index contributed by atoms with van der Waals surface area (Å²) in [6.45, 7) is 0. The van der Waals surface area contributed by atoms with Crippen molar-refractivity contribution in [3.63, 3.8) is 0 Å². The first-order valence-electron chi connectivity index (χ1n) is 17.3. The van der Waals surface area contributed by atoms with Crippen LogP contribution in [0.25, 0.3) is 0 Å². The second-order valence-electron chi connectivity index (χ2n) is 11.1. The molecule has 0 spiro atoms. The van der Waals surface area contributed by atoms with Crippen LogP contribution in [0.15, 0.2) is 121 Å². The molecule has 55 heavy (non-hydrogen) atoms. The lowest BCUT2D eigenvalue weighted by molar-refractivity contribution is 0.356. The molecule has 4 aromatic carbocycles. The largest absolute Gasteiger partial charge is 0.449 e. The highest BCUT2D eigenvalue weighted by atomic mass is 28.4. The molecule has 0 N–H and O–H groups in total. The van der Waals surface area contributed by atoms with Gasteiger partial charge >= 0.3 is 9.28 Å². The molecule has 0 aliphatic carbocycles. The van der Waals surface area contributed by atoms with E-state index >= 15 is 0 Å². The minimum Gasteiger partial charge on any atom is -0.449 e. The van der Waals surface area contributed by atoms with Gasteiger partial charge in [0.05, 0.1) is 0 Å². The maximum Gasteiger partial charge on any atom is 0.337 e. The summed E-state index contributed by atoms with van der Waals surface area (Å²) in [5.41, 5.74) is 0. The monoisotopic (exact) mass is 1030 g/mol. The Labute approximate surface area is 359 Å². The summed E-state index contributed by atoms with van der Waals surface area (Å²) in [7, 11) is -18.5. The van der Waals surface area contributed by atoms with Gasteiger partial charge in [0, 0.05) is 0 Å². The minimum absolute atomic E-state index is 0.731. The first-order valence-corrected chi connectivity index (χ1v) is 36.5. The Hall–Kier alpha value is -0.250. The Morgan fingerprint density at radius 1 is 0.345 bits per heavy atom. The fourth-order valence-corrected chi connectivity index (χ4v) is 37.6. The molecule has 0 bridgehead atoms. The van der Waals surface area contributed by atoms with Crippen LogP contribution >= 0.6 is 0 Å². The highest BCUT2D eigenvalue weighted by Crippen LogP contribution is 2.12. The average Bonchev–Trinajstić information content (AvgIpc) is 3.24. The molecular formula is C24H50O15Si16. The fraction of sp³-hybridized carbons (Fsp3) is 0. The molecule has 4 rings (SSSR count). The van der Waals surface area contributed by atoms with Crippen LogP contribution in [0.2, 0.25) is 0 Å². The first-order chi connectivity index (χ1) is 27.3. The van der Waals surface area contributed by atoms with Crippen molar-refractivity contribution in [3.8, 4) is 0 Å². The summed E-state index contributed by atoms with van der Waals surface area (Å²) in [5.74, 6) is 0. The number of hydrogen-bond acceptors (Lipinski definition) is 15. The first kappa shape index (κ1) is 47.4. The van der Waals surface area contributed by atoms with E-state index in [1.165, 1.54) is 15.6 Å². The number of rotatable bonds is 33. The summed E-state index contributed by atoms with van der Waals surface area (Å²) < 4.78 is 86.3. The topological polar surface area (TPSA) is 138 Å². The highest BCUT2D eigenvalue weighted by Gasteiger charge is 2.44. The molecule has 0 saturated heterocycles. The zero-order valence-electron chi connectivity index (χ0n) is 30.9. The molecule has 1 unspecified atom stereocenters. The third kappa shape index (κ3) is 19.1. The van der Waals surface area contributed by atoms with Gasteiger partial charge in [-0.2, -0.15) is 0 Å². The number of hydrogen-bond donors (Lipinski definition) is 0. The van der Waals surface area contributed by atoms with Gasteiger partial charge in [-0.25, -0.2) is 0 Å². The van der Waals surface area contributed by atoms with Gasteiger partial charge in [-0.15, -0.1) is 0 Å². The lowest BCUT2D eigenvalue weighted by Crippen LogP contribution is -2.72. The van der Waals surface area contributed by atoms with Crippen LogP contribution in [0.4, 0.5) is 0 Å². The SMILES string of the molecule is [SiH3]O[SiH2]O[SiH2]O[SiH2]O[SiH2]O[SiH2]O[SiH2]O[SiH2]O[SiH2]O[SiH2]O[SiH2]O[SiH2]O[SiH2]O[SiH2]O[SiH](O[Si](c1ccccc1)(c1ccccc1)c1ccccc1)c1ccccc1. The molecule has 300 valence electrons. The second-order valence-corrected chi connectivity index (χ2v) is 42.7. The molecule has 4 aromatic rings. The molecular weight excluding hydrogens is 978 g/mol. The molecule has 0 aliphatic heterocycles. The van der Waals surface area contributed by atoms with Gasteiger partial charge in [-0.05, 0) is 20.7 Å². The van der Waals surface area contributed by atoms with Gasteiger partial charge in [0.15, 0.2) is 0 Å². The zero-order chi connectivity index (χ0) is 38.3. The molecule has 15 nitrogen and oxygen atoms in total. The van der Waals surface area contributed by atoms with Crippen molar-refractivity contribution in [3.05, 3.63) is 121 Å². The summed E-state index contributed by atoms with van der Waals surface area (Å²) >= 11 is 0. The smallest absolute Gasteiger partial charge is 0.337 e. The quantitative estimate of drug-likeness (QED) is 0.0254. The van der Waals surface area contributed by atoms with E-state index in [1.807, 2.05) is 36.4 Å². The molecule has 0 fully saturated rings. The van der Waals surface area contributed by atoms with Crippen LogP contribution in [0, 0.1) is 0 Å². The maximum atomic E-state index is 7.46. The fourth-order valence-electron chi connectivity index (χ4n) is 4.94. The van der Waals surface area contributed by atoms with Crippen LogP contribution in [0.5, 0.6) is 0 Å². The normalized spacial score (nSPS) is 15.1. The van der Waals surface area contributed by atoms with Gasteiger partial charge in [-0.1, -0.05) is 121 Å². The van der Waals surface area contributed by atoms with Crippen LogP contribution in [0.3, 0.4) is 0 Å². The van der Waals surface area contributed by atoms with Gasteiger partial charge in [0.1, 0.15) is 10.5 Å². The maximum absolute atomic E-state index is 7.46. The van der Waals surface area contributed by atoms with Crippen LogP contribution in [0.1, 0.15) is 0 Å². The summed E-state index contributed by atoms with van der Waals surface area (Å²) in [6, 6.07) is 42.0. The summed E-state index contributed by atoms with van der Waals surface area (Å²) in [6.07, 6.45) is 0. The van der Waals surface area contributed by atoms with E-state index in [1.54, 1.807) is 0 Å². The Kier molecular flexibility index (Phi) is 27.3. The van der Waals surface area contributed by atoms with Crippen molar-refractivity contribution in [2.24, 2.45) is 0 Å². The highest BCUT2D eigenvalue weighted by molar-refractivity contribution is 7.09. The lowest BCUT2D eigenvalue weighted by atomic mass is 10.3. The standard InChI is InChI=1S/C24H50O15Si16/c40-25-41-26-42-27-43-28-44-29-45-30-46-31-47-32-48-33-49-34-50-35-51-36-52-37-53-38-54(21-13-5-1-6-14-21)39-55(22-15-7-2-8-16-22,23-17-9-3-10-18-23)24-19-11-4-12-20-24/h1-20,54H,41-53H2,40H3. The van der Waals surface area contributed by atoms with Crippen molar-refractivity contribution >= 4 is 179 Å². The summed E-state index contributed by atoms with van der Waals surface area (Å²) in [4.78, 5) is 0. The average molecular weight is 1030 g/mol. The van der Waals surface area contributed by atoms with Crippen LogP contribution in [-0.2, 0) is 61.7 Å². The molecule has 1 atom stereocenters. The molecule has 0 amide bonds. The van der Waals surface area contributed by atoms with Gasteiger partial charge in [0.25, 0.3) is 138 Å². The van der Waals surface area contributed by atoms with Crippen LogP contribution < -0.4 is 20.7 Å². The van der Waals surface area contributed by atoms with Crippen LogP contribution in [-0.4, -0.2) is 158 Å². The van der Waals surface area contributed by atoms with Crippen molar-refractivity contribution in [2.45, 2.75) is 0 Å². The molecule has 0 heterocycles. The Morgan fingerprint density at radius 2 is 0.618 bits per heavy atom. The van der Waals surface area contributed by atoms with Gasteiger partial charge < -0.3 is 61.7 Å². The molecule has 0 aliphatic rings. The molecule has 0 aromatic heterocycles. The van der Waals surface area contributed by atoms with Crippen molar-refractivity contribution < 1.29 is 61.7 Å². The molecule has 0 saturated carbocycles. The third-order valence-electron chi connectivity index (χ3n) is 7.23. The third-order valence-corrected chi connectivity index (χ3v) is 32.6. The minimum atomic E-state index is -2.96. The summed E-state index contributed by atoms with van der Waals surface area (Å²) in [5, 5.41) is 4.59. The van der Waals surface area contributed by atoms with Crippen molar-refractivity contribution in [1.29, 1.82) is 0 Å². The van der Waals surface area contributed by atoms with Gasteiger partial charge in [-0.3, -0.25) is 0 Å². The van der Waals surface area contributed by atoms with E-state index in [9.17, 15) is 0 Å². The Morgan fingerprint density at radius 3 is 0.927 bits per heavy atom. The zero-order valence-corrected chi connectivity index (χ0v) is 53.5. The van der Waals surface area contributed by atoms with E-state index in [0.717, 1.165) is 15.7 Å². The predicted octanol–water partition coefficient (Wildman–Crippen LogP) is -11.7. The van der Waals surface area contributed by atoms with Gasteiger partial charge in [0.2, 0.25) is 0 Å². The Bertz CT molecular complexity index is 1400. The molecule has 0 radical (unpaired) electrons. The van der Waals surface area contributed by atoms with E-state index in [0.29, 0.717) is 0 Å². The van der Waals surface area contributed by atoms with E-state index in [2.05, 4.69) is 84.9 Å². The van der Waals surface area contributed by atoms with Crippen molar-refractivity contribution in [2.75, 3.05) is 0 Å². The molecule has 31 heteroatoms. The van der Waals surface area contributed by atoms with Crippen molar-refractivity contribution in [1.82, 2.24) is 0 Å². The number of benzene rings is 4. The van der Waals surface area contributed by atoms with E-state index < -0.39 is 148 Å². The predicted molar refractivity (Wildman–Crippen MR) is 254 cm³/mol. The van der Waals surface area contributed by atoms with E-state index in [4.69, 9.17) is 61.7 Å². The van der Waals surface area contributed by atoms with E-state index in [-0.39, 0.29) is 0 Å². The Balaban J connectivity index is 1.08. The lowest BCUT2D eigenvalue weighted by Gasteiger charge is -2.36. The second kappa shape index (κ2) is 31.6.